The molecule has 0 saturated heterocycles. The van der Waals surface area contributed by atoms with E-state index in [9.17, 15) is 9.59 Å². The highest BCUT2D eigenvalue weighted by Crippen LogP contribution is 2.16. The van der Waals surface area contributed by atoms with Crippen LogP contribution in [-0.4, -0.2) is 48.2 Å². The van der Waals surface area contributed by atoms with Crippen molar-refractivity contribution >= 4 is 11.9 Å². The Bertz CT molecular complexity index is 250. The Hall–Kier alpha value is -1.10. The highest BCUT2D eigenvalue weighted by atomic mass is 16.5. The molecule has 94 valence electrons. The minimum Gasteiger partial charge on any atom is -0.481 e. The molecular weight excluding hydrogens is 210 g/mol. The molecule has 16 heavy (non-hydrogen) atoms. The summed E-state index contributed by atoms with van der Waals surface area (Å²) < 4.78 is 4.82. The van der Waals surface area contributed by atoms with Crippen molar-refractivity contribution in [3.05, 3.63) is 0 Å². The second-order valence-corrected chi connectivity index (χ2v) is 4.30. The van der Waals surface area contributed by atoms with Crippen molar-refractivity contribution in [1.29, 1.82) is 0 Å². The fourth-order valence-corrected chi connectivity index (χ4v) is 1.30. The Labute approximate surface area is 96.4 Å². The molecule has 1 N–H and O–H groups in total. The molecule has 5 nitrogen and oxygen atoms in total. The first-order chi connectivity index (χ1) is 7.33. The van der Waals surface area contributed by atoms with Crippen LogP contribution < -0.4 is 0 Å². The van der Waals surface area contributed by atoms with E-state index in [-0.39, 0.29) is 12.5 Å². The summed E-state index contributed by atoms with van der Waals surface area (Å²) in [6.45, 7) is 8.35. The molecule has 0 rings (SSSR count). The zero-order chi connectivity index (χ0) is 12.8. The van der Waals surface area contributed by atoms with E-state index in [1.807, 2.05) is 6.92 Å². The molecule has 0 aliphatic rings. The maximum atomic E-state index is 11.3. The average molecular weight is 231 g/mol. The molecule has 0 amide bonds. The number of likely N-dealkylation sites (N-methyl/N-ethyl adjacent to an activating group) is 1. The first kappa shape index (κ1) is 14.9. The van der Waals surface area contributed by atoms with Gasteiger partial charge in [0.25, 0.3) is 0 Å². The van der Waals surface area contributed by atoms with Gasteiger partial charge in [-0.3, -0.25) is 14.5 Å². The van der Waals surface area contributed by atoms with Crippen LogP contribution >= 0.6 is 0 Å². The fraction of sp³-hybridized carbons (Fsp3) is 0.818. The Morgan fingerprint density at radius 2 is 1.88 bits per heavy atom. The van der Waals surface area contributed by atoms with Crippen LogP contribution in [0, 0.1) is 5.41 Å². The van der Waals surface area contributed by atoms with Crippen molar-refractivity contribution < 1.29 is 19.4 Å². The zero-order valence-corrected chi connectivity index (χ0v) is 10.4. The summed E-state index contributed by atoms with van der Waals surface area (Å²) in [5.74, 6) is -1.18. The molecule has 0 aliphatic carbocycles. The number of ether oxygens (including phenoxy) is 1. The normalized spacial score (nSPS) is 11.6. The molecule has 0 fully saturated rings. The van der Waals surface area contributed by atoms with Crippen molar-refractivity contribution in [3.8, 4) is 0 Å². The highest BCUT2D eigenvalue weighted by molar-refractivity contribution is 5.74. The number of hydrogen-bond acceptors (Lipinski definition) is 4. The SMILES string of the molecule is CCOC(=O)CN(CC)CC(C)(C)C(=O)O. The van der Waals surface area contributed by atoms with E-state index < -0.39 is 11.4 Å². The first-order valence-electron chi connectivity index (χ1n) is 5.44. The van der Waals surface area contributed by atoms with Crippen LogP contribution in [-0.2, 0) is 14.3 Å². The van der Waals surface area contributed by atoms with Crippen molar-refractivity contribution in [2.24, 2.45) is 5.41 Å². The summed E-state index contributed by atoms with van der Waals surface area (Å²) in [4.78, 5) is 24.0. The van der Waals surface area contributed by atoms with E-state index in [2.05, 4.69) is 0 Å². The number of carboxylic acids is 1. The Balaban J connectivity index is 4.30. The summed E-state index contributed by atoms with van der Waals surface area (Å²) in [6.07, 6.45) is 0. The number of carboxylic acid groups (broad SMARTS) is 1. The number of carbonyl (C=O) groups is 2. The van der Waals surface area contributed by atoms with Gasteiger partial charge in [-0.2, -0.15) is 0 Å². The molecule has 0 radical (unpaired) electrons. The average Bonchev–Trinajstić information content (AvgIpc) is 2.16. The lowest BCUT2D eigenvalue weighted by molar-refractivity contribution is -0.151. The quantitative estimate of drug-likeness (QED) is 0.662. The lowest BCUT2D eigenvalue weighted by atomic mass is 9.93. The molecule has 0 bridgehead atoms. The van der Waals surface area contributed by atoms with Gasteiger partial charge in [-0.15, -0.1) is 0 Å². The van der Waals surface area contributed by atoms with E-state index in [0.717, 1.165) is 0 Å². The number of carbonyl (C=O) groups excluding carboxylic acids is 1. The lowest BCUT2D eigenvalue weighted by Crippen LogP contribution is -2.41. The van der Waals surface area contributed by atoms with Crippen LogP contribution in [0.5, 0.6) is 0 Å². The molecular formula is C11H21NO4. The number of hydrogen-bond donors (Lipinski definition) is 1. The molecule has 0 heterocycles. The topological polar surface area (TPSA) is 66.8 Å². The van der Waals surface area contributed by atoms with E-state index in [0.29, 0.717) is 19.7 Å². The van der Waals surface area contributed by atoms with E-state index >= 15 is 0 Å². The predicted molar refractivity (Wildman–Crippen MR) is 60.2 cm³/mol. The van der Waals surface area contributed by atoms with Gasteiger partial charge in [-0.25, -0.2) is 0 Å². The Morgan fingerprint density at radius 1 is 1.31 bits per heavy atom. The molecule has 0 spiro atoms. The maximum absolute atomic E-state index is 11.3. The van der Waals surface area contributed by atoms with Crippen molar-refractivity contribution in [2.75, 3.05) is 26.2 Å². The molecule has 0 atom stereocenters. The number of aliphatic carboxylic acids is 1. The van der Waals surface area contributed by atoms with Crippen LogP contribution in [0.2, 0.25) is 0 Å². The van der Waals surface area contributed by atoms with Gasteiger partial charge in [-0.1, -0.05) is 6.92 Å². The largest absolute Gasteiger partial charge is 0.481 e. The highest BCUT2D eigenvalue weighted by Gasteiger charge is 2.30. The summed E-state index contributed by atoms with van der Waals surface area (Å²) >= 11 is 0. The van der Waals surface area contributed by atoms with Crippen molar-refractivity contribution in [2.45, 2.75) is 27.7 Å². The fourth-order valence-electron chi connectivity index (χ4n) is 1.30. The molecule has 0 aliphatic heterocycles. The van der Waals surface area contributed by atoms with Crippen molar-refractivity contribution in [1.82, 2.24) is 4.90 Å². The molecule has 0 saturated carbocycles. The monoisotopic (exact) mass is 231 g/mol. The number of rotatable bonds is 7. The predicted octanol–water partition coefficient (Wildman–Crippen LogP) is 0.982. The minimum absolute atomic E-state index is 0.140. The smallest absolute Gasteiger partial charge is 0.320 e. The Kier molecular flexibility index (Phi) is 6.03. The van der Waals surface area contributed by atoms with Gasteiger partial charge >= 0.3 is 11.9 Å². The molecule has 0 unspecified atom stereocenters. The third kappa shape index (κ3) is 5.11. The van der Waals surface area contributed by atoms with E-state index in [1.54, 1.807) is 25.7 Å². The van der Waals surface area contributed by atoms with Crippen LogP contribution in [0.3, 0.4) is 0 Å². The van der Waals surface area contributed by atoms with Gasteiger partial charge in [0.2, 0.25) is 0 Å². The summed E-state index contributed by atoms with van der Waals surface area (Å²) in [7, 11) is 0. The molecule has 5 heteroatoms. The lowest BCUT2D eigenvalue weighted by Gasteiger charge is -2.27. The summed E-state index contributed by atoms with van der Waals surface area (Å²) in [5, 5.41) is 8.98. The standard InChI is InChI=1S/C11H21NO4/c1-5-12(7-9(13)16-6-2)8-11(3,4)10(14)15/h5-8H2,1-4H3,(H,14,15). The molecule has 0 aromatic carbocycles. The maximum Gasteiger partial charge on any atom is 0.320 e. The molecule has 0 aromatic rings. The molecule has 0 aromatic heterocycles. The minimum atomic E-state index is -0.866. The van der Waals surface area contributed by atoms with Crippen LogP contribution in [0.25, 0.3) is 0 Å². The van der Waals surface area contributed by atoms with Gasteiger partial charge in [0, 0.05) is 6.54 Å². The van der Waals surface area contributed by atoms with Crippen LogP contribution in [0.4, 0.5) is 0 Å². The second-order valence-electron chi connectivity index (χ2n) is 4.30. The third-order valence-corrected chi connectivity index (χ3v) is 2.30. The Morgan fingerprint density at radius 3 is 2.25 bits per heavy atom. The van der Waals surface area contributed by atoms with Gasteiger partial charge in [0.05, 0.1) is 18.6 Å². The van der Waals surface area contributed by atoms with Gasteiger partial charge < -0.3 is 9.84 Å². The van der Waals surface area contributed by atoms with Crippen molar-refractivity contribution in [3.63, 3.8) is 0 Å². The number of nitrogens with zero attached hydrogens (tertiary/aromatic N) is 1. The second kappa shape index (κ2) is 6.48. The summed E-state index contributed by atoms with van der Waals surface area (Å²) in [5.41, 5.74) is -0.859. The van der Waals surface area contributed by atoms with E-state index in [1.165, 1.54) is 0 Å². The number of esters is 1. The first-order valence-corrected chi connectivity index (χ1v) is 5.44. The summed E-state index contributed by atoms with van der Waals surface area (Å²) in [6, 6.07) is 0. The third-order valence-electron chi connectivity index (χ3n) is 2.30. The van der Waals surface area contributed by atoms with Gasteiger partial charge in [0.1, 0.15) is 0 Å². The van der Waals surface area contributed by atoms with Gasteiger partial charge in [0.15, 0.2) is 0 Å². The van der Waals surface area contributed by atoms with Crippen LogP contribution in [0.1, 0.15) is 27.7 Å². The van der Waals surface area contributed by atoms with E-state index in [4.69, 9.17) is 9.84 Å². The zero-order valence-electron chi connectivity index (χ0n) is 10.4. The van der Waals surface area contributed by atoms with Gasteiger partial charge in [-0.05, 0) is 27.3 Å². The van der Waals surface area contributed by atoms with Crippen LogP contribution in [0.15, 0.2) is 0 Å².